The maximum Gasteiger partial charge on any atom is 0.407 e. The van der Waals surface area contributed by atoms with Gasteiger partial charge in [0.05, 0.1) is 0 Å². The van der Waals surface area contributed by atoms with Crippen molar-refractivity contribution < 1.29 is 38.1 Å². The van der Waals surface area contributed by atoms with E-state index in [4.69, 9.17) is 18.9 Å². The average molecular weight is 483 g/mol. The fourth-order valence-corrected chi connectivity index (χ4v) is 4.20. The quantitative estimate of drug-likeness (QED) is 0.199. The standard InChI is InChI=1S/C24H38N2O8/c1-16(2)19(27)31-8-10-33-21(29)25-15-24(7)13-18(12-23(5,6)14-24)26-22(30)34-11-9-32-20(28)17(3)4/h18H,1,3,8-15H2,2,4-7H3,(H,25,29)(H,26,30). The summed E-state index contributed by atoms with van der Waals surface area (Å²) in [7, 11) is 0. The Hall–Kier alpha value is -3.04. The van der Waals surface area contributed by atoms with Gasteiger partial charge in [0.1, 0.15) is 26.4 Å². The lowest BCUT2D eigenvalue weighted by Gasteiger charge is -2.46. The summed E-state index contributed by atoms with van der Waals surface area (Å²) in [5.41, 5.74) is 0.180. The van der Waals surface area contributed by atoms with Crippen molar-refractivity contribution in [2.75, 3.05) is 33.0 Å². The van der Waals surface area contributed by atoms with Crippen molar-refractivity contribution in [2.45, 2.75) is 59.9 Å². The highest BCUT2D eigenvalue weighted by molar-refractivity contribution is 5.87. The van der Waals surface area contributed by atoms with E-state index in [-0.39, 0.29) is 54.4 Å². The van der Waals surface area contributed by atoms with Gasteiger partial charge in [-0.05, 0) is 43.9 Å². The van der Waals surface area contributed by atoms with Crippen molar-refractivity contribution >= 4 is 24.1 Å². The van der Waals surface area contributed by atoms with Gasteiger partial charge >= 0.3 is 24.1 Å². The number of carbonyl (C=O) groups is 4. The maximum atomic E-state index is 12.2. The Bertz CT molecular complexity index is 792. The molecule has 0 aromatic rings. The number of nitrogens with one attached hydrogen (secondary N) is 2. The first-order valence-electron chi connectivity index (χ1n) is 11.2. The number of carbonyl (C=O) groups excluding carboxylic acids is 4. The second kappa shape index (κ2) is 13.0. The predicted octanol–water partition coefficient (Wildman–Crippen LogP) is 3.26. The van der Waals surface area contributed by atoms with Crippen LogP contribution in [-0.4, -0.2) is 63.1 Å². The molecule has 34 heavy (non-hydrogen) atoms. The van der Waals surface area contributed by atoms with Crippen LogP contribution in [0.15, 0.2) is 24.3 Å². The van der Waals surface area contributed by atoms with Crippen molar-refractivity contribution in [1.82, 2.24) is 10.6 Å². The summed E-state index contributed by atoms with van der Waals surface area (Å²) >= 11 is 0. The third-order valence-corrected chi connectivity index (χ3v) is 5.22. The Kier molecular flexibility index (Phi) is 11.1. The van der Waals surface area contributed by atoms with Gasteiger partial charge in [-0.15, -0.1) is 0 Å². The lowest BCUT2D eigenvalue weighted by atomic mass is 9.62. The zero-order valence-corrected chi connectivity index (χ0v) is 20.9. The first kappa shape index (κ1) is 29.0. The van der Waals surface area contributed by atoms with Crippen molar-refractivity contribution in [3.63, 3.8) is 0 Å². The fraction of sp³-hybridized carbons (Fsp3) is 0.667. The molecule has 1 saturated carbocycles. The van der Waals surface area contributed by atoms with E-state index in [0.717, 1.165) is 12.8 Å². The fourth-order valence-electron chi connectivity index (χ4n) is 4.20. The molecule has 1 fully saturated rings. The minimum Gasteiger partial charge on any atom is -0.459 e. The highest BCUT2D eigenvalue weighted by atomic mass is 16.6. The van der Waals surface area contributed by atoms with Crippen molar-refractivity contribution in [1.29, 1.82) is 0 Å². The van der Waals surface area contributed by atoms with Crippen molar-refractivity contribution in [3.05, 3.63) is 24.3 Å². The normalized spacial score (nSPS) is 20.9. The van der Waals surface area contributed by atoms with Crippen LogP contribution >= 0.6 is 0 Å². The molecule has 0 heterocycles. The van der Waals surface area contributed by atoms with E-state index in [1.54, 1.807) is 0 Å². The van der Waals surface area contributed by atoms with Crippen LogP contribution in [0.4, 0.5) is 9.59 Å². The molecule has 2 unspecified atom stereocenters. The number of hydrogen-bond donors (Lipinski definition) is 2. The maximum absolute atomic E-state index is 12.2. The monoisotopic (exact) mass is 482 g/mol. The summed E-state index contributed by atoms with van der Waals surface area (Å²) in [6.45, 7) is 16.4. The second-order valence-electron chi connectivity index (χ2n) is 9.86. The smallest absolute Gasteiger partial charge is 0.407 e. The molecule has 0 spiro atoms. The third kappa shape index (κ3) is 11.2. The van der Waals surface area contributed by atoms with Crippen molar-refractivity contribution in [3.8, 4) is 0 Å². The average Bonchev–Trinajstić information content (AvgIpc) is 2.70. The number of rotatable bonds is 11. The predicted molar refractivity (Wildman–Crippen MR) is 125 cm³/mol. The van der Waals surface area contributed by atoms with Gasteiger partial charge in [-0.2, -0.15) is 0 Å². The first-order chi connectivity index (χ1) is 15.7. The van der Waals surface area contributed by atoms with Crippen LogP contribution in [0.2, 0.25) is 0 Å². The molecule has 192 valence electrons. The summed E-state index contributed by atoms with van der Waals surface area (Å²) in [5, 5.41) is 5.63. The lowest BCUT2D eigenvalue weighted by molar-refractivity contribution is -0.140. The minimum atomic E-state index is -0.607. The molecule has 0 aromatic heterocycles. The molecule has 0 aliphatic heterocycles. The number of esters is 2. The highest BCUT2D eigenvalue weighted by Gasteiger charge is 2.42. The van der Waals surface area contributed by atoms with Gasteiger partial charge in [-0.25, -0.2) is 19.2 Å². The molecule has 1 rings (SSSR count). The Labute approximate surface area is 201 Å². The number of amides is 2. The molecule has 0 aromatic carbocycles. The Morgan fingerprint density at radius 1 is 0.794 bits per heavy atom. The summed E-state index contributed by atoms with van der Waals surface area (Å²) in [4.78, 5) is 46.9. The first-order valence-corrected chi connectivity index (χ1v) is 11.2. The van der Waals surface area contributed by atoms with Crippen LogP contribution in [0.25, 0.3) is 0 Å². The molecular formula is C24H38N2O8. The van der Waals surface area contributed by atoms with Gasteiger partial charge in [0.2, 0.25) is 0 Å². The van der Waals surface area contributed by atoms with Gasteiger partial charge in [-0.1, -0.05) is 33.9 Å². The van der Waals surface area contributed by atoms with Crippen LogP contribution in [0.1, 0.15) is 53.9 Å². The van der Waals surface area contributed by atoms with E-state index in [1.807, 2.05) is 6.92 Å². The molecule has 0 saturated heterocycles. The summed E-state index contributed by atoms with van der Waals surface area (Å²) in [6.07, 6.45) is 1.02. The Morgan fingerprint density at radius 3 is 1.76 bits per heavy atom. The lowest BCUT2D eigenvalue weighted by Crippen LogP contribution is -2.50. The summed E-state index contributed by atoms with van der Waals surface area (Å²) in [5.74, 6) is -1.07. The third-order valence-electron chi connectivity index (χ3n) is 5.22. The largest absolute Gasteiger partial charge is 0.459 e. The molecule has 10 heteroatoms. The molecule has 2 N–H and O–H groups in total. The van der Waals surface area contributed by atoms with Gasteiger partial charge in [0, 0.05) is 23.7 Å². The van der Waals surface area contributed by atoms with Gasteiger partial charge in [0.15, 0.2) is 0 Å². The zero-order chi connectivity index (χ0) is 25.9. The zero-order valence-electron chi connectivity index (χ0n) is 20.9. The van der Waals surface area contributed by atoms with Gasteiger partial charge < -0.3 is 29.6 Å². The van der Waals surface area contributed by atoms with E-state index in [0.29, 0.717) is 13.0 Å². The highest BCUT2D eigenvalue weighted by Crippen LogP contribution is 2.45. The number of alkyl carbamates (subject to hydrolysis) is 2. The van der Waals surface area contributed by atoms with E-state index in [9.17, 15) is 19.2 Å². The SMILES string of the molecule is C=C(C)C(=O)OCCOC(=O)NCC1(C)CC(NC(=O)OCCOC(=O)C(=C)C)CC(C)(C)C1. The van der Waals surface area contributed by atoms with E-state index < -0.39 is 24.1 Å². The van der Waals surface area contributed by atoms with Crippen molar-refractivity contribution in [2.24, 2.45) is 10.8 Å². The molecule has 1 aliphatic carbocycles. The molecule has 10 nitrogen and oxygen atoms in total. The number of ether oxygens (including phenoxy) is 4. The Morgan fingerprint density at radius 2 is 1.26 bits per heavy atom. The minimum absolute atomic E-state index is 0.0502. The van der Waals surface area contributed by atoms with Crippen LogP contribution in [0, 0.1) is 10.8 Å². The molecule has 1 aliphatic rings. The van der Waals surface area contributed by atoms with Crippen LogP contribution in [-0.2, 0) is 28.5 Å². The molecule has 2 atom stereocenters. The van der Waals surface area contributed by atoms with Gasteiger partial charge in [-0.3, -0.25) is 0 Å². The van der Waals surface area contributed by atoms with Gasteiger partial charge in [0.25, 0.3) is 0 Å². The second-order valence-corrected chi connectivity index (χ2v) is 9.86. The Balaban J connectivity index is 2.45. The summed E-state index contributed by atoms with van der Waals surface area (Å²) < 4.78 is 19.9. The van der Waals surface area contributed by atoms with Crippen LogP contribution < -0.4 is 10.6 Å². The van der Waals surface area contributed by atoms with E-state index >= 15 is 0 Å². The molecule has 0 radical (unpaired) electrons. The van der Waals surface area contributed by atoms with Crippen LogP contribution in [0.5, 0.6) is 0 Å². The number of hydrogen-bond acceptors (Lipinski definition) is 8. The topological polar surface area (TPSA) is 129 Å². The summed E-state index contributed by atoms with van der Waals surface area (Å²) in [6, 6.07) is -0.154. The molecule has 2 amide bonds. The molecular weight excluding hydrogens is 444 g/mol. The van der Waals surface area contributed by atoms with E-state index in [1.165, 1.54) is 13.8 Å². The van der Waals surface area contributed by atoms with E-state index in [2.05, 4.69) is 37.6 Å². The van der Waals surface area contributed by atoms with Crippen LogP contribution in [0.3, 0.4) is 0 Å². The molecule has 0 bridgehead atoms.